The first kappa shape index (κ1) is 18.9. The van der Waals surface area contributed by atoms with Crippen molar-refractivity contribution in [2.24, 2.45) is 5.73 Å². The Labute approximate surface area is 144 Å². The number of carboxylic acids is 1. The maximum absolute atomic E-state index is 11.9. The third-order valence-corrected chi connectivity index (χ3v) is 5.71. The molecule has 134 valence electrons. The molecule has 2 atom stereocenters. The van der Waals surface area contributed by atoms with Crippen molar-refractivity contribution in [1.82, 2.24) is 4.90 Å². The van der Waals surface area contributed by atoms with Gasteiger partial charge in [0.05, 0.1) is 26.8 Å². The van der Waals surface area contributed by atoms with Crippen molar-refractivity contribution < 1.29 is 29.4 Å². The van der Waals surface area contributed by atoms with E-state index in [9.17, 15) is 14.7 Å². The van der Waals surface area contributed by atoms with Crippen molar-refractivity contribution in [3.8, 4) is 0 Å². The molecule has 0 bridgehead atoms. The molecule has 0 aliphatic carbocycles. The summed E-state index contributed by atoms with van der Waals surface area (Å²) in [5.41, 5.74) is 6.29. The van der Waals surface area contributed by atoms with Gasteiger partial charge in [-0.3, -0.25) is 9.69 Å². The number of carbonyl (C=O) groups is 2. The van der Waals surface area contributed by atoms with Crippen LogP contribution in [0.5, 0.6) is 0 Å². The number of allylic oxidation sites excluding steroid dienone is 1. The Bertz CT molecular complexity index is 571. The second kappa shape index (κ2) is 7.66. The molecule has 0 radical (unpaired) electrons. The zero-order valence-electron chi connectivity index (χ0n) is 13.6. The van der Waals surface area contributed by atoms with Gasteiger partial charge in [-0.25, -0.2) is 4.79 Å². The lowest BCUT2D eigenvalue weighted by molar-refractivity contribution is -0.904. The molecule has 2 aliphatic heterocycles. The Morgan fingerprint density at radius 2 is 2.04 bits per heavy atom. The summed E-state index contributed by atoms with van der Waals surface area (Å²) in [5.74, 6) is -1.02. The van der Waals surface area contributed by atoms with Gasteiger partial charge in [0.2, 0.25) is 5.91 Å². The largest absolute Gasteiger partial charge is 0.477 e. The van der Waals surface area contributed by atoms with Gasteiger partial charge in [0, 0.05) is 5.75 Å². The van der Waals surface area contributed by atoms with Crippen LogP contribution in [-0.4, -0.2) is 93.6 Å². The van der Waals surface area contributed by atoms with E-state index in [0.29, 0.717) is 35.4 Å². The number of aliphatic hydroxyl groups is 2. The molecule has 0 aromatic heterocycles. The third-order valence-electron chi connectivity index (χ3n) is 4.39. The van der Waals surface area contributed by atoms with E-state index in [1.165, 1.54) is 16.7 Å². The number of nitrogens with two attached hydrogens (primary N) is 1. The number of amides is 1. The van der Waals surface area contributed by atoms with Gasteiger partial charge in [0.15, 0.2) is 0 Å². The number of hydrogen-bond donors (Lipinski definition) is 4. The smallest absolute Gasteiger partial charge is 0.352 e. The molecule has 0 unspecified atom stereocenters. The fourth-order valence-corrected chi connectivity index (χ4v) is 4.16. The highest BCUT2D eigenvalue weighted by Crippen LogP contribution is 2.39. The quantitative estimate of drug-likeness (QED) is 0.309. The molecule has 0 aromatic rings. The Kier molecular flexibility index (Phi) is 6.05. The van der Waals surface area contributed by atoms with Crippen molar-refractivity contribution in [1.29, 1.82) is 0 Å². The van der Waals surface area contributed by atoms with Gasteiger partial charge in [-0.2, -0.15) is 0 Å². The fraction of sp³-hybridized carbons (Fsp3) is 0.600. The molecule has 1 saturated heterocycles. The van der Waals surface area contributed by atoms with Gasteiger partial charge in [-0.1, -0.05) is 6.08 Å². The molecule has 9 heteroatoms. The van der Waals surface area contributed by atoms with E-state index < -0.39 is 12.0 Å². The van der Waals surface area contributed by atoms with Gasteiger partial charge >= 0.3 is 5.97 Å². The minimum absolute atomic E-state index is 0.000203. The van der Waals surface area contributed by atoms with Crippen LogP contribution in [0, 0.1) is 0 Å². The summed E-state index contributed by atoms with van der Waals surface area (Å²) in [5, 5.41) is 27.5. The number of fused-ring (bicyclic) bond motifs is 1. The van der Waals surface area contributed by atoms with Crippen molar-refractivity contribution in [3.05, 3.63) is 23.4 Å². The maximum atomic E-state index is 11.9. The Balaban J connectivity index is 2.17. The molecular weight excluding hydrogens is 334 g/mol. The number of thioether (sulfide) groups is 1. The number of nitrogens with zero attached hydrogens (tertiary/aromatic N) is 2. The average Bonchev–Trinajstić information content (AvgIpc) is 2.53. The maximum Gasteiger partial charge on any atom is 0.352 e. The minimum atomic E-state index is -1.14. The predicted octanol–water partition coefficient (Wildman–Crippen LogP) is -1.45. The number of β-lactam (4-membered cyclic amide) rings is 1. The van der Waals surface area contributed by atoms with Crippen molar-refractivity contribution >= 4 is 23.6 Å². The minimum Gasteiger partial charge on any atom is -0.477 e. The van der Waals surface area contributed by atoms with Gasteiger partial charge < -0.3 is 25.5 Å². The van der Waals surface area contributed by atoms with Crippen LogP contribution < -0.4 is 5.73 Å². The highest BCUT2D eigenvalue weighted by molar-refractivity contribution is 8.00. The van der Waals surface area contributed by atoms with Gasteiger partial charge in [0.25, 0.3) is 0 Å². The molecule has 1 amide bonds. The zero-order chi connectivity index (χ0) is 17.9. The normalized spacial score (nSPS) is 24.3. The molecule has 24 heavy (non-hydrogen) atoms. The molecular formula is C15H24N3O5S+. The Morgan fingerprint density at radius 1 is 1.42 bits per heavy atom. The van der Waals surface area contributed by atoms with E-state index in [4.69, 9.17) is 15.9 Å². The number of aliphatic carboxylic acids is 1. The monoisotopic (exact) mass is 358 g/mol. The summed E-state index contributed by atoms with van der Waals surface area (Å²) >= 11 is 1.46. The molecule has 0 aromatic carbocycles. The number of aliphatic hydroxyl groups excluding tert-OH is 2. The highest BCUT2D eigenvalue weighted by atomic mass is 32.2. The van der Waals surface area contributed by atoms with Crippen molar-refractivity contribution in [2.45, 2.75) is 11.4 Å². The predicted molar refractivity (Wildman–Crippen MR) is 89.8 cm³/mol. The summed E-state index contributed by atoms with van der Waals surface area (Å²) in [6, 6.07) is -0.635. The van der Waals surface area contributed by atoms with Crippen LogP contribution in [0.1, 0.15) is 0 Å². The number of hydrogen-bond acceptors (Lipinski definition) is 6. The van der Waals surface area contributed by atoms with Gasteiger partial charge in [-0.05, 0) is 11.6 Å². The van der Waals surface area contributed by atoms with E-state index in [1.54, 1.807) is 6.08 Å². The van der Waals surface area contributed by atoms with Crippen LogP contribution in [0.25, 0.3) is 0 Å². The van der Waals surface area contributed by atoms with E-state index in [1.807, 2.05) is 13.1 Å². The van der Waals surface area contributed by atoms with Gasteiger partial charge in [-0.15, -0.1) is 11.8 Å². The molecule has 8 nitrogen and oxygen atoms in total. The number of rotatable bonds is 8. The highest BCUT2D eigenvalue weighted by Gasteiger charge is 2.51. The molecule has 2 aliphatic rings. The fourth-order valence-electron chi connectivity index (χ4n) is 2.89. The topological polar surface area (TPSA) is 124 Å². The first-order valence-corrected chi connectivity index (χ1v) is 8.78. The van der Waals surface area contributed by atoms with Crippen LogP contribution in [0.2, 0.25) is 0 Å². The number of likely N-dealkylation sites (N-methyl/N-ethyl adjacent to an activating group) is 1. The van der Waals surface area contributed by atoms with E-state index >= 15 is 0 Å². The summed E-state index contributed by atoms with van der Waals surface area (Å²) in [7, 11) is 1.91. The Hall–Kier alpha value is -1.39. The summed E-state index contributed by atoms with van der Waals surface area (Å²) in [6.45, 7) is 1.54. The lowest BCUT2D eigenvalue weighted by Crippen LogP contribution is -2.68. The molecule has 1 fully saturated rings. The summed E-state index contributed by atoms with van der Waals surface area (Å²) in [4.78, 5) is 24.7. The molecule has 2 rings (SSSR count). The summed E-state index contributed by atoms with van der Waals surface area (Å²) < 4.78 is 0.447. The second-order valence-corrected chi connectivity index (χ2v) is 7.32. The molecule has 0 spiro atoms. The zero-order valence-corrected chi connectivity index (χ0v) is 14.4. The van der Waals surface area contributed by atoms with Crippen LogP contribution in [0.4, 0.5) is 0 Å². The number of quaternary nitrogens is 1. The molecule has 5 N–H and O–H groups in total. The van der Waals surface area contributed by atoms with Gasteiger partial charge in [0.1, 0.15) is 30.2 Å². The molecule has 2 heterocycles. The van der Waals surface area contributed by atoms with Crippen molar-refractivity contribution in [2.75, 3.05) is 45.6 Å². The lowest BCUT2D eigenvalue weighted by Gasteiger charge is -2.47. The van der Waals surface area contributed by atoms with Crippen LogP contribution >= 0.6 is 11.8 Å². The average molecular weight is 358 g/mol. The van der Waals surface area contributed by atoms with E-state index in [-0.39, 0.29) is 30.2 Å². The first-order chi connectivity index (χ1) is 11.3. The Morgan fingerprint density at radius 3 is 2.58 bits per heavy atom. The van der Waals surface area contributed by atoms with Crippen LogP contribution in [-0.2, 0) is 9.59 Å². The summed E-state index contributed by atoms with van der Waals surface area (Å²) in [6.07, 6.45) is 3.55. The first-order valence-electron chi connectivity index (χ1n) is 7.73. The second-order valence-electron chi connectivity index (χ2n) is 6.21. The SMILES string of the molecule is C[N+](CC=CC1=C(C(=O)O)N2C(=O)[C@@H](N)[C@H]2SC1)(CCO)CCO. The molecule has 0 saturated carbocycles. The van der Waals surface area contributed by atoms with E-state index in [2.05, 4.69) is 0 Å². The number of carbonyl (C=O) groups excluding carboxylic acids is 1. The third kappa shape index (κ3) is 3.65. The van der Waals surface area contributed by atoms with E-state index in [0.717, 1.165) is 0 Å². The standard InChI is InChI=1S/C15H23N3O5S/c1-18(5-7-19,6-8-20)4-2-3-10-9-24-14-11(16)13(21)17(14)12(10)15(22)23/h2-3,11,14,19-20H,4-9,16H2,1H3/p+1/t11-,14-/m1/s1. The van der Waals surface area contributed by atoms with Crippen molar-refractivity contribution in [3.63, 3.8) is 0 Å². The van der Waals surface area contributed by atoms with Crippen LogP contribution in [0.15, 0.2) is 23.4 Å². The number of carboxylic acid groups (broad SMARTS) is 1. The van der Waals surface area contributed by atoms with Crippen LogP contribution in [0.3, 0.4) is 0 Å². The lowest BCUT2D eigenvalue weighted by atomic mass is 10.0.